The zero-order chi connectivity index (χ0) is 24.3. The van der Waals surface area contributed by atoms with Crippen LogP contribution in [0.3, 0.4) is 0 Å². The minimum atomic E-state index is -1.79. The third-order valence-electron chi connectivity index (χ3n) is 4.33. The van der Waals surface area contributed by atoms with Gasteiger partial charge in [-0.1, -0.05) is 12.1 Å². The lowest BCUT2D eigenvalue weighted by atomic mass is 10.0. The van der Waals surface area contributed by atoms with Gasteiger partial charge in [-0.2, -0.15) is 5.10 Å². The van der Waals surface area contributed by atoms with Crippen LogP contribution in [0.2, 0.25) is 0 Å². The van der Waals surface area contributed by atoms with E-state index in [1.165, 1.54) is 30.3 Å². The van der Waals surface area contributed by atoms with E-state index in [0.717, 1.165) is 18.2 Å². The van der Waals surface area contributed by atoms with E-state index in [9.17, 15) is 34.6 Å². The van der Waals surface area contributed by atoms with Gasteiger partial charge in [-0.15, -0.1) is 0 Å². The number of hydrazone groups is 1. The molecular formula is C18H13N7O7S. The fraction of sp³-hybridized carbons (Fsp3) is 0.0556. The van der Waals surface area contributed by atoms with Crippen LogP contribution in [0.15, 0.2) is 53.6 Å². The van der Waals surface area contributed by atoms with Gasteiger partial charge in [0.25, 0.3) is 23.2 Å². The molecule has 0 spiro atoms. The van der Waals surface area contributed by atoms with Crippen molar-refractivity contribution in [3.63, 3.8) is 0 Å². The first-order valence-corrected chi connectivity index (χ1v) is 9.32. The Morgan fingerprint density at radius 2 is 1.67 bits per heavy atom. The predicted octanol–water partition coefficient (Wildman–Crippen LogP) is 0.820. The van der Waals surface area contributed by atoms with Crippen LogP contribution in [0.5, 0.6) is 0 Å². The van der Waals surface area contributed by atoms with Gasteiger partial charge < -0.3 is 11.1 Å². The van der Waals surface area contributed by atoms with Crippen LogP contribution in [0.1, 0.15) is 0 Å². The van der Waals surface area contributed by atoms with Gasteiger partial charge in [0.2, 0.25) is 5.91 Å². The van der Waals surface area contributed by atoms with Crippen molar-refractivity contribution in [2.24, 2.45) is 16.8 Å². The highest BCUT2D eigenvalue weighted by Crippen LogP contribution is 2.29. The van der Waals surface area contributed by atoms with Crippen molar-refractivity contribution in [3.8, 4) is 0 Å². The van der Waals surface area contributed by atoms with Crippen molar-refractivity contribution >= 4 is 63.5 Å². The van der Waals surface area contributed by atoms with Crippen molar-refractivity contribution in [1.82, 2.24) is 5.43 Å². The van der Waals surface area contributed by atoms with Gasteiger partial charge in [-0.25, -0.2) is 4.90 Å². The van der Waals surface area contributed by atoms with Crippen molar-refractivity contribution in [2.45, 2.75) is 0 Å². The van der Waals surface area contributed by atoms with Crippen LogP contribution in [-0.4, -0.2) is 38.4 Å². The summed E-state index contributed by atoms with van der Waals surface area (Å²) in [6, 6.07) is 9.57. The Morgan fingerprint density at radius 3 is 2.27 bits per heavy atom. The molecule has 2 aromatic carbocycles. The summed E-state index contributed by atoms with van der Waals surface area (Å²) < 4.78 is 0. The molecule has 1 heterocycles. The topological polar surface area (TPSA) is 203 Å². The fourth-order valence-electron chi connectivity index (χ4n) is 2.95. The van der Waals surface area contributed by atoms with Gasteiger partial charge in [0.1, 0.15) is 5.71 Å². The first-order valence-electron chi connectivity index (χ1n) is 8.91. The molecule has 33 heavy (non-hydrogen) atoms. The van der Waals surface area contributed by atoms with Crippen molar-refractivity contribution < 1.29 is 24.2 Å². The standard InChI is InChI=1S/C18H13N7O7S/c19-18(33)22-21-14-13(15(26)20-9-3-1-5-11(7-9)24(29)30)16(27)23(17(14)28)10-4-2-6-12(8-10)25(31)32/h1-8,13H,(H,20,26)(H3,19,22,33)/b21-14-/t13-/m1/s1. The number of nitrogens with one attached hydrogen (secondary N) is 2. The summed E-state index contributed by atoms with van der Waals surface area (Å²) in [4.78, 5) is 60.1. The Hall–Kier alpha value is -4.79. The number of carbonyl (C=O) groups excluding carboxylic acids is 3. The molecule has 1 aliphatic heterocycles. The number of rotatable bonds is 6. The molecule has 0 unspecified atom stereocenters. The third kappa shape index (κ3) is 4.77. The molecule has 1 aliphatic rings. The molecule has 15 heteroatoms. The Morgan fingerprint density at radius 1 is 1.06 bits per heavy atom. The largest absolute Gasteiger partial charge is 0.375 e. The maximum absolute atomic E-state index is 13.1. The number of nitro benzene ring substituents is 2. The number of anilines is 2. The van der Waals surface area contributed by atoms with E-state index < -0.39 is 44.9 Å². The molecule has 0 aliphatic carbocycles. The maximum atomic E-state index is 13.1. The van der Waals surface area contributed by atoms with Gasteiger partial charge in [0.15, 0.2) is 11.0 Å². The first kappa shape index (κ1) is 22.9. The molecule has 1 atom stereocenters. The number of non-ortho nitro benzene ring substituents is 2. The van der Waals surface area contributed by atoms with E-state index in [4.69, 9.17) is 5.73 Å². The zero-order valence-corrected chi connectivity index (χ0v) is 17.1. The van der Waals surface area contributed by atoms with Gasteiger partial charge in [-0.05, 0) is 24.4 Å². The average molecular weight is 471 g/mol. The van der Waals surface area contributed by atoms with Crippen LogP contribution in [0.25, 0.3) is 0 Å². The number of nitrogens with zero attached hydrogens (tertiary/aromatic N) is 4. The number of nitrogens with two attached hydrogens (primary N) is 1. The highest BCUT2D eigenvalue weighted by atomic mass is 32.1. The fourth-order valence-corrected chi connectivity index (χ4v) is 3.00. The lowest BCUT2D eigenvalue weighted by Gasteiger charge is -2.14. The molecule has 3 amide bonds. The number of amides is 3. The Balaban J connectivity index is 2.00. The van der Waals surface area contributed by atoms with Gasteiger partial charge >= 0.3 is 0 Å². The summed E-state index contributed by atoms with van der Waals surface area (Å²) in [6.45, 7) is 0. The first-order chi connectivity index (χ1) is 15.6. The minimum Gasteiger partial charge on any atom is -0.375 e. The van der Waals surface area contributed by atoms with E-state index >= 15 is 0 Å². The molecule has 14 nitrogen and oxygen atoms in total. The van der Waals surface area contributed by atoms with Crippen molar-refractivity contribution in [3.05, 3.63) is 68.8 Å². The molecule has 0 radical (unpaired) electrons. The van der Waals surface area contributed by atoms with Crippen molar-refractivity contribution in [2.75, 3.05) is 10.2 Å². The van der Waals surface area contributed by atoms with Gasteiger partial charge in [-0.3, -0.25) is 40.0 Å². The quantitative estimate of drug-likeness (QED) is 0.178. The van der Waals surface area contributed by atoms with Gasteiger partial charge in [0.05, 0.1) is 15.5 Å². The van der Waals surface area contributed by atoms with Crippen molar-refractivity contribution in [1.29, 1.82) is 0 Å². The minimum absolute atomic E-state index is 0.00935. The predicted molar refractivity (Wildman–Crippen MR) is 118 cm³/mol. The SMILES string of the molecule is NC(=S)N/N=C1\C(=O)N(c2cccc([N+](=O)[O-])c2)C(=O)[C@H]1C(=O)Nc1cccc([N+](=O)[O-])c1. The van der Waals surface area contributed by atoms with Gasteiger partial charge in [0, 0.05) is 30.0 Å². The highest BCUT2D eigenvalue weighted by molar-refractivity contribution is 7.80. The van der Waals surface area contributed by atoms with Crippen LogP contribution in [0.4, 0.5) is 22.7 Å². The maximum Gasteiger partial charge on any atom is 0.282 e. The Kier molecular flexibility index (Phi) is 6.34. The van der Waals surface area contributed by atoms with Crippen LogP contribution in [0, 0.1) is 26.1 Å². The summed E-state index contributed by atoms with van der Waals surface area (Å²) in [7, 11) is 0. The molecule has 1 saturated heterocycles. The average Bonchev–Trinajstić information content (AvgIpc) is 3.01. The lowest BCUT2D eigenvalue weighted by molar-refractivity contribution is -0.385. The molecule has 168 valence electrons. The second-order valence-electron chi connectivity index (χ2n) is 6.46. The number of thiocarbonyl (C=S) groups is 1. The molecule has 3 rings (SSSR count). The molecule has 0 saturated carbocycles. The number of nitro groups is 2. The molecule has 0 aromatic heterocycles. The summed E-state index contributed by atoms with van der Waals surface area (Å²) in [5.41, 5.74) is 5.98. The van der Waals surface area contributed by atoms with E-state index in [1.54, 1.807) is 0 Å². The molecule has 4 N–H and O–H groups in total. The number of benzene rings is 2. The molecule has 2 aromatic rings. The lowest BCUT2D eigenvalue weighted by Crippen LogP contribution is -2.35. The summed E-state index contributed by atoms with van der Waals surface area (Å²) in [5, 5.41) is 27.7. The smallest absolute Gasteiger partial charge is 0.282 e. The molecule has 1 fully saturated rings. The third-order valence-corrected chi connectivity index (χ3v) is 4.43. The molecule has 0 bridgehead atoms. The number of carbonyl (C=O) groups is 3. The number of hydrogen-bond acceptors (Lipinski definition) is 9. The van der Waals surface area contributed by atoms with E-state index in [1.807, 2.05) is 0 Å². The van der Waals surface area contributed by atoms with Crippen LogP contribution < -0.4 is 21.4 Å². The summed E-state index contributed by atoms with van der Waals surface area (Å²) in [6.07, 6.45) is 0. The Labute approximate surface area is 189 Å². The summed E-state index contributed by atoms with van der Waals surface area (Å²) in [5.74, 6) is -4.90. The van der Waals surface area contributed by atoms with Crippen LogP contribution >= 0.6 is 12.2 Å². The Bertz CT molecular complexity index is 1250. The number of hydrogen-bond donors (Lipinski definition) is 3. The zero-order valence-electron chi connectivity index (χ0n) is 16.3. The van der Waals surface area contributed by atoms with E-state index in [2.05, 4.69) is 28.1 Å². The summed E-state index contributed by atoms with van der Waals surface area (Å²) >= 11 is 4.63. The number of imide groups is 1. The molecular weight excluding hydrogens is 458 g/mol. The highest BCUT2D eigenvalue weighted by Gasteiger charge is 2.50. The monoisotopic (exact) mass is 471 g/mol. The second kappa shape index (κ2) is 9.15. The van der Waals surface area contributed by atoms with E-state index in [-0.39, 0.29) is 22.2 Å². The van der Waals surface area contributed by atoms with Crippen LogP contribution in [-0.2, 0) is 14.4 Å². The van der Waals surface area contributed by atoms with E-state index in [0.29, 0.717) is 4.90 Å². The second-order valence-corrected chi connectivity index (χ2v) is 6.90. The normalized spacial score (nSPS) is 16.5.